The molecule has 1 amide bonds. The van der Waals surface area contributed by atoms with E-state index in [1.165, 1.54) is 23.0 Å². The van der Waals surface area contributed by atoms with Gasteiger partial charge in [0.15, 0.2) is 5.58 Å². The molecular weight excluding hydrogens is 336 g/mol. The number of benzene rings is 1. The molecule has 0 saturated heterocycles. The van der Waals surface area contributed by atoms with Crippen LogP contribution in [0.15, 0.2) is 50.3 Å². The van der Waals surface area contributed by atoms with E-state index in [9.17, 15) is 9.59 Å². The van der Waals surface area contributed by atoms with Gasteiger partial charge in [-0.05, 0) is 47.4 Å². The average molecular weight is 356 g/mol. The molecule has 0 spiro atoms. The van der Waals surface area contributed by atoms with Crippen LogP contribution in [-0.4, -0.2) is 17.0 Å². The van der Waals surface area contributed by atoms with Crippen LogP contribution in [0.25, 0.3) is 11.1 Å². The zero-order chi connectivity index (χ0) is 17.3. The lowest BCUT2D eigenvalue weighted by molar-refractivity contribution is -0.122. The van der Waals surface area contributed by atoms with Crippen molar-refractivity contribution in [3.63, 3.8) is 0 Å². The number of rotatable bonds is 5. The molecule has 2 heterocycles. The molecule has 130 valence electrons. The molecule has 1 aromatic carbocycles. The highest BCUT2D eigenvalue weighted by molar-refractivity contribution is 7.08. The molecule has 1 aliphatic carbocycles. The number of para-hydroxylation sites is 2. The molecule has 1 N–H and O–H groups in total. The van der Waals surface area contributed by atoms with Crippen molar-refractivity contribution >= 4 is 28.3 Å². The normalized spacial score (nSPS) is 16.3. The number of thiophene rings is 1. The Kier molecular flexibility index (Phi) is 4.21. The van der Waals surface area contributed by atoms with Crippen LogP contribution in [0.4, 0.5) is 0 Å². The third kappa shape index (κ3) is 3.02. The van der Waals surface area contributed by atoms with Crippen molar-refractivity contribution in [1.82, 2.24) is 9.88 Å². The van der Waals surface area contributed by atoms with Crippen LogP contribution in [0.3, 0.4) is 0 Å². The van der Waals surface area contributed by atoms with Crippen LogP contribution in [-0.2, 0) is 16.8 Å². The second-order valence-electron chi connectivity index (χ2n) is 6.70. The summed E-state index contributed by atoms with van der Waals surface area (Å²) in [4.78, 5) is 24.5. The molecular formula is C19H20N2O3S. The minimum Gasteiger partial charge on any atom is -0.408 e. The first-order chi connectivity index (χ1) is 12.2. The number of amides is 1. The topological polar surface area (TPSA) is 64.2 Å². The molecule has 1 aliphatic rings. The minimum absolute atomic E-state index is 0.0183. The molecule has 5 nitrogen and oxygen atoms in total. The number of carbonyl (C=O) groups is 1. The zero-order valence-electron chi connectivity index (χ0n) is 13.9. The summed E-state index contributed by atoms with van der Waals surface area (Å²) in [5.41, 5.74) is 2.52. The molecule has 0 radical (unpaired) electrons. The van der Waals surface area contributed by atoms with Crippen molar-refractivity contribution < 1.29 is 9.21 Å². The van der Waals surface area contributed by atoms with E-state index in [4.69, 9.17) is 4.42 Å². The lowest BCUT2D eigenvalue weighted by atomic mass is 9.80. The third-order valence-corrected chi connectivity index (χ3v) is 5.88. The number of fused-ring (bicyclic) bond motifs is 1. The highest BCUT2D eigenvalue weighted by Gasteiger charge is 2.36. The fourth-order valence-corrected chi connectivity index (χ4v) is 4.60. The van der Waals surface area contributed by atoms with Crippen molar-refractivity contribution in [2.75, 3.05) is 6.54 Å². The summed E-state index contributed by atoms with van der Waals surface area (Å²) in [6.45, 7) is 0.600. The summed E-state index contributed by atoms with van der Waals surface area (Å²) in [7, 11) is 0. The smallest absolute Gasteiger partial charge is 0.408 e. The van der Waals surface area contributed by atoms with Crippen molar-refractivity contribution in [3.05, 3.63) is 57.2 Å². The number of carbonyl (C=O) groups excluding carboxylic acids is 1. The van der Waals surface area contributed by atoms with Crippen LogP contribution in [0.2, 0.25) is 0 Å². The van der Waals surface area contributed by atoms with E-state index in [1.54, 1.807) is 29.5 Å². The summed E-state index contributed by atoms with van der Waals surface area (Å²) in [5.74, 6) is -0.653. The predicted octanol–water partition coefficient (Wildman–Crippen LogP) is 3.28. The number of aromatic nitrogens is 1. The largest absolute Gasteiger partial charge is 0.420 e. The van der Waals surface area contributed by atoms with Gasteiger partial charge in [-0.2, -0.15) is 11.3 Å². The van der Waals surface area contributed by atoms with Gasteiger partial charge >= 0.3 is 5.76 Å². The van der Waals surface area contributed by atoms with Gasteiger partial charge in [0.2, 0.25) is 5.91 Å². The van der Waals surface area contributed by atoms with E-state index in [-0.39, 0.29) is 17.9 Å². The average Bonchev–Trinajstić information content (AvgIpc) is 3.34. The molecule has 1 saturated carbocycles. The van der Waals surface area contributed by atoms with Gasteiger partial charge in [0.05, 0.1) is 5.52 Å². The number of oxazole rings is 1. The Bertz CT molecular complexity index is 933. The first kappa shape index (κ1) is 16.1. The monoisotopic (exact) mass is 356 g/mol. The number of hydrogen-bond donors (Lipinski definition) is 1. The number of nitrogens with one attached hydrogen (secondary N) is 1. The summed E-state index contributed by atoms with van der Waals surface area (Å²) < 4.78 is 6.57. The molecule has 0 bridgehead atoms. The van der Waals surface area contributed by atoms with Crippen molar-refractivity contribution in [2.45, 2.75) is 37.6 Å². The van der Waals surface area contributed by atoms with Gasteiger partial charge in [0.25, 0.3) is 0 Å². The SMILES string of the molecule is O=C(Cn1c(=O)oc2ccccc21)NCC1(c2ccsc2)CCCC1. The third-order valence-electron chi connectivity index (χ3n) is 5.19. The Morgan fingerprint density at radius 3 is 2.80 bits per heavy atom. The Morgan fingerprint density at radius 1 is 1.24 bits per heavy atom. The van der Waals surface area contributed by atoms with Gasteiger partial charge < -0.3 is 9.73 Å². The lowest BCUT2D eigenvalue weighted by Gasteiger charge is -2.28. The van der Waals surface area contributed by atoms with Gasteiger partial charge in [-0.1, -0.05) is 25.0 Å². The van der Waals surface area contributed by atoms with E-state index in [2.05, 4.69) is 22.1 Å². The van der Waals surface area contributed by atoms with E-state index in [1.807, 2.05) is 6.07 Å². The Balaban J connectivity index is 1.49. The maximum atomic E-state index is 12.5. The number of hydrogen-bond acceptors (Lipinski definition) is 4. The van der Waals surface area contributed by atoms with Crippen LogP contribution in [0.1, 0.15) is 31.2 Å². The van der Waals surface area contributed by atoms with E-state index in [0.29, 0.717) is 17.6 Å². The summed E-state index contributed by atoms with van der Waals surface area (Å²) >= 11 is 1.70. The maximum absolute atomic E-state index is 12.5. The molecule has 0 unspecified atom stereocenters. The van der Waals surface area contributed by atoms with Gasteiger partial charge in [-0.15, -0.1) is 0 Å². The van der Waals surface area contributed by atoms with Crippen LogP contribution in [0.5, 0.6) is 0 Å². The highest BCUT2D eigenvalue weighted by Crippen LogP contribution is 2.41. The minimum atomic E-state index is -0.496. The Morgan fingerprint density at radius 2 is 2.04 bits per heavy atom. The van der Waals surface area contributed by atoms with Gasteiger partial charge in [0.1, 0.15) is 6.54 Å². The Hall–Kier alpha value is -2.34. The fourth-order valence-electron chi connectivity index (χ4n) is 3.82. The predicted molar refractivity (Wildman–Crippen MR) is 97.9 cm³/mol. The second-order valence-corrected chi connectivity index (χ2v) is 7.48. The first-order valence-electron chi connectivity index (χ1n) is 8.56. The number of nitrogens with zero attached hydrogens (tertiary/aromatic N) is 1. The maximum Gasteiger partial charge on any atom is 0.420 e. The summed E-state index contributed by atoms with van der Waals surface area (Å²) in [5, 5.41) is 7.33. The first-order valence-corrected chi connectivity index (χ1v) is 9.50. The fraction of sp³-hybridized carbons (Fsp3) is 0.368. The molecule has 3 aromatic rings. The molecule has 25 heavy (non-hydrogen) atoms. The zero-order valence-corrected chi connectivity index (χ0v) is 14.7. The molecule has 6 heteroatoms. The van der Waals surface area contributed by atoms with Gasteiger partial charge in [-0.25, -0.2) is 4.79 Å². The van der Waals surface area contributed by atoms with Gasteiger partial charge in [-0.3, -0.25) is 9.36 Å². The van der Waals surface area contributed by atoms with E-state index in [0.717, 1.165) is 12.8 Å². The summed E-state index contributed by atoms with van der Waals surface area (Å²) in [6, 6.07) is 9.32. The lowest BCUT2D eigenvalue weighted by Crippen LogP contribution is -2.40. The van der Waals surface area contributed by atoms with Gasteiger partial charge in [0, 0.05) is 12.0 Å². The second kappa shape index (κ2) is 6.52. The van der Waals surface area contributed by atoms with Crippen molar-refractivity contribution in [2.24, 2.45) is 0 Å². The van der Waals surface area contributed by atoms with Crippen molar-refractivity contribution in [3.8, 4) is 0 Å². The van der Waals surface area contributed by atoms with Crippen molar-refractivity contribution in [1.29, 1.82) is 0 Å². The Labute approximate surface area is 149 Å². The van der Waals surface area contributed by atoms with E-state index >= 15 is 0 Å². The van der Waals surface area contributed by atoms with E-state index < -0.39 is 5.76 Å². The van der Waals surface area contributed by atoms with Crippen LogP contribution >= 0.6 is 11.3 Å². The molecule has 4 rings (SSSR count). The summed E-state index contributed by atoms with van der Waals surface area (Å²) in [6.07, 6.45) is 4.58. The molecule has 1 fully saturated rings. The molecule has 0 aliphatic heterocycles. The molecule has 0 atom stereocenters. The van der Waals surface area contributed by atoms with Crippen LogP contribution in [0, 0.1) is 0 Å². The quantitative estimate of drug-likeness (QED) is 0.763. The molecule has 2 aromatic heterocycles. The highest BCUT2D eigenvalue weighted by atomic mass is 32.1. The van der Waals surface area contributed by atoms with Crippen LogP contribution < -0.4 is 11.1 Å². The standard InChI is InChI=1S/C19H20N2O3S/c22-17(11-21-15-5-1-2-6-16(15)24-18(21)23)20-13-19(8-3-4-9-19)14-7-10-25-12-14/h1-2,5-7,10,12H,3-4,8-9,11,13H2,(H,20,22).